The van der Waals surface area contributed by atoms with Gasteiger partial charge in [-0.25, -0.2) is 0 Å². The van der Waals surface area contributed by atoms with Gasteiger partial charge in [0.2, 0.25) is 0 Å². The summed E-state index contributed by atoms with van der Waals surface area (Å²) in [6.45, 7) is 4.49. The second-order valence-corrected chi connectivity index (χ2v) is 5.01. The van der Waals surface area contributed by atoms with Gasteiger partial charge in [-0.2, -0.15) is 0 Å². The van der Waals surface area contributed by atoms with Crippen LogP contribution in [0.15, 0.2) is 36.4 Å². The molecule has 0 aliphatic rings. The summed E-state index contributed by atoms with van der Waals surface area (Å²) in [6.07, 6.45) is 0. The molecule has 0 bridgehead atoms. The molecule has 19 heavy (non-hydrogen) atoms. The Bertz CT molecular complexity index is 562. The van der Waals surface area contributed by atoms with Crippen LogP contribution in [-0.2, 0) is 13.2 Å². The van der Waals surface area contributed by atoms with Gasteiger partial charge in [-0.1, -0.05) is 35.9 Å². The van der Waals surface area contributed by atoms with Crippen molar-refractivity contribution in [2.45, 2.75) is 27.1 Å². The van der Waals surface area contributed by atoms with Gasteiger partial charge in [0.15, 0.2) is 0 Å². The minimum Gasteiger partial charge on any atom is -0.488 e. The SMILES string of the molecule is Cc1ccc(CO)c(OCc2ccc(Cl)cc2)c1C. The van der Waals surface area contributed by atoms with Crippen molar-refractivity contribution in [2.75, 3.05) is 0 Å². The summed E-state index contributed by atoms with van der Waals surface area (Å²) in [6, 6.07) is 11.5. The summed E-state index contributed by atoms with van der Waals surface area (Å²) < 4.78 is 5.86. The molecule has 0 aromatic heterocycles. The van der Waals surface area contributed by atoms with Crippen LogP contribution in [0.25, 0.3) is 0 Å². The average molecular weight is 277 g/mol. The Morgan fingerprint density at radius 2 is 1.74 bits per heavy atom. The number of halogens is 1. The van der Waals surface area contributed by atoms with Gasteiger partial charge in [-0.05, 0) is 42.7 Å². The summed E-state index contributed by atoms with van der Waals surface area (Å²) in [5.41, 5.74) is 4.09. The van der Waals surface area contributed by atoms with Gasteiger partial charge in [0.05, 0.1) is 6.61 Å². The molecule has 2 aromatic rings. The summed E-state index contributed by atoms with van der Waals surface area (Å²) >= 11 is 5.85. The maximum atomic E-state index is 9.37. The first kappa shape index (κ1) is 13.9. The van der Waals surface area contributed by atoms with E-state index in [0.717, 1.165) is 28.0 Å². The Labute approximate surface area is 118 Å². The average Bonchev–Trinajstić information content (AvgIpc) is 2.42. The van der Waals surface area contributed by atoms with Crippen molar-refractivity contribution in [3.8, 4) is 5.75 Å². The van der Waals surface area contributed by atoms with E-state index in [1.54, 1.807) is 0 Å². The van der Waals surface area contributed by atoms with Gasteiger partial charge in [-0.3, -0.25) is 0 Å². The zero-order valence-corrected chi connectivity index (χ0v) is 11.9. The molecule has 2 nitrogen and oxygen atoms in total. The maximum Gasteiger partial charge on any atom is 0.128 e. The van der Waals surface area contributed by atoms with Gasteiger partial charge < -0.3 is 9.84 Å². The topological polar surface area (TPSA) is 29.5 Å². The number of aliphatic hydroxyl groups excluding tert-OH is 1. The highest BCUT2D eigenvalue weighted by Gasteiger charge is 2.09. The van der Waals surface area contributed by atoms with Crippen LogP contribution < -0.4 is 4.74 Å². The van der Waals surface area contributed by atoms with Crippen LogP contribution in [0.4, 0.5) is 0 Å². The van der Waals surface area contributed by atoms with E-state index in [2.05, 4.69) is 0 Å². The highest BCUT2D eigenvalue weighted by molar-refractivity contribution is 6.30. The largest absolute Gasteiger partial charge is 0.488 e. The first-order valence-corrected chi connectivity index (χ1v) is 6.57. The van der Waals surface area contributed by atoms with Gasteiger partial charge in [-0.15, -0.1) is 0 Å². The van der Waals surface area contributed by atoms with Crippen LogP contribution >= 0.6 is 11.6 Å². The standard InChI is InChI=1S/C16H17ClO2/c1-11-3-6-14(9-18)16(12(11)2)19-10-13-4-7-15(17)8-5-13/h3-8,18H,9-10H2,1-2H3. The molecule has 3 heteroatoms. The van der Waals surface area contributed by atoms with Gasteiger partial charge in [0.25, 0.3) is 0 Å². The highest BCUT2D eigenvalue weighted by Crippen LogP contribution is 2.27. The molecule has 0 unspecified atom stereocenters. The van der Waals surface area contributed by atoms with E-state index in [1.165, 1.54) is 0 Å². The number of ether oxygens (including phenoxy) is 1. The van der Waals surface area contributed by atoms with Gasteiger partial charge in [0.1, 0.15) is 12.4 Å². The number of rotatable bonds is 4. The van der Waals surface area contributed by atoms with E-state index in [9.17, 15) is 5.11 Å². The van der Waals surface area contributed by atoms with Gasteiger partial charge in [0, 0.05) is 10.6 Å². The Morgan fingerprint density at radius 3 is 2.37 bits per heavy atom. The molecule has 100 valence electrons. The quantitative estimate of drug-likeness (QED) is 0.914. The number of aryl methyl sites for hydroxylation is 1. The fourth-order valence-electron chi connectivity index (χ4n) is 1.91. The van der Waals surface area contributed by atoms with Crippen LogP contribution in [0.1, 0.15) is 22.3 Å². The summed E-state index contributed by atoms with van der Waals surface area (Å²) in [7, 11) is 0. The Hall–Kier alpha value is -1.51. The molecule has 2 aromatic carbocycles. The van der Waals surface area contributed by atoms with E-state index >= 15 is 0 Å². The number of benzene rings is 2. The van der Waals surface area contributed by atoms with E-state index in [-0.39, 0.29) is 6.61 Å². The molecule has 0 fully saturated rings. The van der Waals surface area contributed by atoms with E-state index in [1.807, 2.05) is 50.2 Å². The minimum absolute atomic E-state index is 0.0168. The third kappa shape index (κ3) is 3.28. The molecule has 0 atom stereocenters. The lowest BCUT2D eigenvalue weighted by molar-refractivity contribution is 0.258. The van der Waals surface area contributed by atoms with Crippen LogP contribution in [0.5, 0.6) is 5.75 Å². The van der Waals surface area contributed by atoms with Crippen molar-refractivity contribution in [1.82, 2.24) is 0 Å². The van der Waals surface area contributed by atoms with E-state index in [0.29, 0.717) is 11.6 Å². The number of aliphatic hydroxyl groups is 1. The molecular weight excluding hydrogens is 260 g/mol. The van der Waals surface area contributed by atoms with Crippen molar-refractivity contribution < 1.29 is 9.84 Å². The molecule has 0 aliphatic heterocycles. The Kier molecular flexibility index (Phi) is 4.46. The Balaban J connectivity index is 2.19. The maximum absolute atomic E-state index is 9.37. The molecule has 0 spiro atoms. The molecule has 0 radical (unpaired) electrons. The molecule has 0 heterocycles. The van der Waals surface area contributed by atoms with Crippen molar-refractivity contribution in [3.05, 3.63) is 63.7 Å². The Morgan fingerprint density at radius 1 is 1.05 bits per heavy atom. The summed E-state index contributed by atoms with van der Waals surface area (Å²) in [4.78, 5) is 0. The molecule has 0 amide bonds. The first-order valence-electron chi connectivity index (χ1n) is 6.19. The van der Waals surface area contributed by atoms with E-state index < -0.39 is 0 Å². The lowest BCUT2D eigenvalue weighted by Crippen LogP contribution is -2.02. The second-order valence-electron chi connectivity index (χ2n) is 4.57. The zero-order chi connectivity index (χ0) is 13.8. The molecular formula is C16H17ClO2. The fourth-order valence-corrected chi connectivity index (χ4v) is 2.03. The monoisotopic (exact) mass is 276 g/mol. The lowest BCUT2D eigenvalue weighted by atomic mass is 10.0. The van der Waals surface area contributed by atoms with Crippen LogP contribution in [0, 0.1) is 13.8 Å². The van der Waals surface area contributed by atoms with Crippen LogP contribution in [0.3, 0.4) is 0 Å². The summed E-state index contributed by atoms with van der Waals surface area (Å²) in [5.74, 6) is 0.775. The van der Waals surface area contributed by atoms with Gasteiger partial charge >= 0.3 is 0 Å². The van der Waals surface area contributed by atoms with Crippen LogP contribution in [0.2, 0.25) is 5.02 Å². The highest BCUT2D eigenvalue weighted by atomic mass is 35.5. The molecule has 0 saturated heterocycles. The first-order chi connectivity index (χ1) is 9.11. The molecule has 0 aliphatic carbocycles. The van der Waals surface area contributed by atoms with Crippen molar-refractivity contribution in [1.29, 1.82) is 0 Å². The second kappa shape index (κ2) is 6.09. The third-order valence-corrected chi connectivity index (χ3v) is 3.48. The van der Waals surface area contributed by atoms with Crippen molar-refractivity contribution in [3.63, 3.8) is 0 Å². The lowest BCUT2D eigenvalue weighted by Gasteiger charge is -2.15. The third-order valence-electron chi connectivity index (χ3n) is 3.23. The fraction of sp³-hybridized carbons (Fsp3) is 0.250. The minimum atomic E-state index is -0.0168. The van der Waals surface area contributed by atoms with Crippen molar-refractivity contribution in [2.24, 2.45) is 0 Å². The van der Waals surface area contributed by atoms with Crippen LogP contribution in [-0.4, -0.2) is 5.11 Å². The van der Waals surface area contributed by atoms with Crippen molar-refractivity contribution >= 4 is 11.6 Å². The predicted octanol–water partition coefficient (Wildman–Crippen LogP) is 4.03. The zero-order valence-electron chi connectivity index (χ0n) is 11.1. The number of hydrogen-bond donors (Lipinski definition) is 1. The normalized spacial score (nSPS) is 10.5. The van der Waals surface area contributed by atoms with E-state index in [4.69, 9.17) is 16.3 Å². The molecule has 1 N–H and O–H groups in total. The summed E-state index contributed by atoms with van der Waals surface area (Å²) in [5, 5.41) is 10.1. The predicted molar refractivity (Wildman–Crippen MR) is 77.6 cm³/mol. The number of hydrogen-bond acceptors (Lipinski definition) is 2. The molecule has 2 rings (SSSR count). The molecule has 0 saturated carbocycles. The smallest absolute Gasteiger partial charge is 0.128 e.